The zero-order valence-electron chi connectivity index (χ0n) is 20.0. The van der Waals surface area contributed by atoms with Crippen LogP contribution in [0.2, 0.25) is 0 Å². The van der Waals surface area contributed by atoms with Gasteiger partial charge in [-0.15, -0.1) is 11.7 Å². The number of aromatic nitrogens is 1. The minimum Gasteiger partial charge on any atom is -0.491 e. The molecule has 1 amide bonds. The van der Waals surface area contributed by atoms with E-state index in [2.05, 4.69) is 28.8 Å². The number of para-hydroxylation sites is 1. The summed E-state index contributed by atoms with van der Waals surface area (Å²) in [6, 6.07) is 21.8. The fraction of sp³-hybridized carbons (Fsp3) is 0.143. The number of rotatable bonds is 9. The molecule has 3 aromatic rings. The smallest absolute Gasteiger partial charge is 0.283 e. The van der Waals surface area contributed by atoms with Crippen LogP contribution in [0.4, 0.5) is 0 Å². The van der Waals surface area contributed by atoms with E-state index in [0.29, 0.717) is 18.3 Å². The average molecular weight is 528 g/mol. The van der Waals surface area contributed by atoms with Crippen molar-refractivity contribution in [3.63, 3.8) is 0 Å². The topological polar surface area (TPSA) is 83.0 Å². The first-order valence-electron chi connectivity index (χ1n) is 11.8. The van der Waals surface area contributed by atoms with Crippen molar-refractivity contribution in [2.45, 2.75) is 18.7 Å². The highest BCUT2D eigenvalue weighted by atomic mass is 32.2. The van der Waals surface area contributed by atoms with Gasteiger partial charge in [0.15, 0.2) is 10.2 Å². The van der Waals surface area contributed by atoms with E-state index >= 15 is 0 Å². The number of carbonyl (C=O) groups excluding carboxylic acids is 1. The molecule has 0 saturated heterocycles. The standard InChI is InChI=1S/C28H25N5O2S2/c1-2-9-21-12-6-7-14-24(21)35-17-16-32-15-8-13-22(32)18-23-25(29)33-27(30-26(23)34)37-28(31-33)36-19-20-10-4-3-5-11-20/h2-8,10-15,18,29H,1,9,16-17,19H2/b23-18-,29-25?. The molecule has 3 heterocycles. The minimum atomic E-state index is -0.435. The predicted molar refractivity (Wildman–Crippen MR) is 153 cm³/mol. The number of aliphatic imine (C=N–C) groups is 1. The summed E-state index contributed by atoms with van der Waals surface area (Å²) in [5.74, 6) is 1.19. The highest BCUT2D eigenvalue weighted by molar-refractivity contribution is 8.45. The summed E-state index contributed by atoms with van der Waals surface area (Å²) in [5.41, 5.74) is 3.28. The third-order valence-electron chi connectivity index (χ3n) is 5.72. The molecule has 2 aliphatic heterocycles. The Kier molecular flexibility index (Phi) is 7.72. The van der Waals surface area contributed by atoms with E-state index in [9.17, 15) is 4.79 Å². The molecular weight excluding hydrogens is 502 g/mol. The lowest BCUT2D eigenvalue weighted by Crippen LogP contribution is -2.35. The van der Waals surface area contributed by atoms with Gasteiger partial charge in [0.1, 0.15) is 12.4 Å². The van der Waals surface area contributed by atoms with E-state index in [0.717, 1.165) is 33.6 Å². The van der Waals surface area contributed by atoms with Crippen LogP contribution in [0.25, 0.3) is 6.08 Å². The maximum absolute atomic E-state index is 12.8. The first-order valence-corrected chi connectivity index (χ1v) is 13.6. The molecule has 0 aliphatic carbocycles. The third kappa shape index (κ3) is 5.79. The maximum Gasteiger partial charge on any atom is 0.283 e. The summed E-state index contributed by atoms with van der Waals surface area (Å²) in [5, 5.41) is 15.1. The molecule has 9 heteroatoms. The number of nitrogens with zero attached hydrogens (tertiary/aromatic N) is 4. The van der Waals surface area contributed by atoms with Gasteiger partial charge in [-0.3, -0.25) is 10.2 Å². The van der Waals surface area contributed by atoms with Crippen LogP contribution >= 0.6 is 23.5 Å². The number of amidine groups is 2. The Balaban J connectivity index is 1.26. The molecule has 2 aliphatic rings. The van der Waals surface area contributed by atoms with E-state index in [-0.39, 0.29) is 11.4 Å². The zero-order chi connectivity index (χ0) is 25.6. The van der Waals surface area contributed by atoms with Crippen LogP contribution in [0, 0.1) is 5.41 Å². The predicted octanol–water partition coefficient (Wildman–Crippen LogP) is 5.81. The lowest BCUT2D eigenvalue weighted by atomic mass is 10.1. The average Bonchev–Trinajstić information content (AvgIpc) is 3.53. The van der Waals surface area contributed by atoms with Crippen LogP contribution in [0.5, 0.6) is 5.75 Å². The molecule has 0 saturated carbocycles. The summed E-state index contributed by atoms with van der Waals surface area (Å²) in [6.45, 7) is 4.86. The molecule has 1 aromatic heterocycles. The summed E-state index contributed by atoms with van der Waals surface area (Å²) in [6.07, 6.45) is 6.23. The van der Waals surface area contributed by atoms with Crippen molar-refractivity contribution in [1.82, 2.24) is 9.58 Å². The lowest BCUT2D eigenvalue weighted by Gasteiger charge is -2.20. The fourth-order valence-corrected chi connectivity index (χ4v) is 5.77. The van der Waals surface area contributed by atoms with Crippen LogP contribution in [-0.2, 0) is 23.5 Å². The van der Waals surface area contributed by atoms with Gasteiger partial charge < -0.3 is 9.30 Å². The van der Waals surface area contributed by atoms with Gasteiger partial charge in [-0.25, -0.2) is 0 Å². The molecule has 0 fully saturated rings. The van der Waals surface area contributed by atoms with Gasteiger partial charge in [0.2, 0.25) is 5.17 Å². The number of amides is 1. The van der Waals surface area contributed by atoms with Crippen molar-refractivity contribution in [3.05, 3.63) is 108 Å². The zero-order valence-corrected chi connectivity index (χ0v) is 21.7. The van der Waals surface area contributed by atoms with E-state index in [1.165, 1.54) is 22.3 Å². The van der Waals surface area contributed by atoms with Crippen LogP contribution in [0.3, 0.4) is 0 Å². The largest absolute Gasteiger partial charge is 0.491 e. The molecular formula is C28H25N5O2S2. The summed E-state index contributed by atoms with van der Waals surface area (Å²) in [4.78, 5) is 17.0. The molecule has 7 nitrogen and oxygen atoms in total. The highest BCUT2D eigenvalue weighted by Gasteiger charge is 2.36. The molecule has 1 N–H and O–H groups in total. The number of nitrogens with one attached hydrogen (secondary N) is 1. The summed E-state index contributed by atoms with van der Waals surface area (Å²) >= 11 is 2.89. The minimum absolute atomic E-state index is 0.0279. The van der Waals surface area contributed by atoms with Crippen molar-refractivity contribution in [1.29, 1.82) is 5.41 Å². The Morgan fingerprint density at radius 2 is 1.89 bits per heavy atom. The van der Waals surface area contributed by atoms with Crippen molar-refractivity contribution >= 4 is 50.9 Å². The Labute approximate surface area is 224 Å². The van der Waals surface area contributed by atoms with Crippen molar-refractivity contribution in [2.24, 2.45) is 10.1 Å². The van der Waals surface area contributed by atoms with E-state index in [1.807, 2.05) is 71.4 Å². The van der Waals surface area contributed by atoms with E-state index < -0.39 is 5.91 Å². The number of fused-ring (bicyclic) bond motifs is 1. The molecule has 2 aromatic carbocycles. The molecule has 186 valence electrons. The second kappa shape index (κ2) is 11.5. The number of carbonyl (C=O) groups is 1. The van der Waals surface area contributed by atoms with Gasteiger partial charge in [-0.1, -0.05) is 66.4 Å². The first-order chi connectivity index (χ1) is 18.1. The molecule has 0 radical (unpaired) electrons. The summed E-state index contributed by atoms with van der Waals surface area (Å²) in [7, 11) is 0. The second-order valence-electron chi connectivity index (χ2n) is 8.24. The van der Waals surface area contributed by atoms with Gasteiger partial charge in [-0.2, -0.15) is 10.0 Å². The molecule has 0 unspecified atom stereocenters. The van der Waals surface area contributed by atoms with E-state index in [4.69, 9.17) is 10.1 Å². The lowest BCUT2D eigenvalue weighted by molar-refractivity contribution is -0.114. The van der Waals surface area contributed by atoms with Gasteiger partial charge in [-0.05, 0) is 53.6 Å². The Morgan fingerprint density at radius 3 is 2.73 bits per heavy atom. The normalized spacial score (nSPS) is 16.0. The molecule has 0 atom stereocenters. The fourth-order valence-electron chi connectivity index (χ4n) is 3.88. The number of thioether (sulfide) groups is 2. The first kappa shape index (κ1) is 24.9. The second-order valence-corrected chi connectivity index (χ2v) is 10.4. The highest BCUT2D eigenvalue weighted by Crippen LogP contribution is 2.33. The SMILES string of the molecule is C=CCc1ccccc1OCCn1cccc1/C=C1/C(=N)N2N=C(SCc3ccccc3)SC2=NC1=O. The number of ether oxygens (including phenoxy) is 1. The van der Waals surface area contributed by atoms with Crippen LogP contribution in [-0.4, -0.2) is 37.5 Å². The number of hydrazone groups is 1. The number of benzene rings is 2. The molecule has 0 bridgehead atoms. The number of hydrogen-bond donors (Lipinski definition) is 1. The molecule has 37 heavy (non-hydrogen) atoms. The number of hydrogen-bond acceptors (Lipinski definition) is 6. The third-order valence-corrected chi connectivity index (χ3v) is 7.84. The Morgan fingerprint density at radius 1 is 1.08 bits per heavy atom. The van der Waals surface area contributed by atoms with Crippen molar-refractivity contribution in [2.75, 3.05) is 6.61 Å². The van der Waals surface area contributed by atoms with Crippen LogP contribution in [0.15, 0.2) is 101 Å². The van der Waals surface area contributed by atoms with Gasteiger partial charge in [0.05, 0.1) is 12.1 Å². The quantitative estimate of drug-likeness (QED) is 0.281. The number of allylic oxidation sites excluding steroid dienone is 1. The van der Waals surface area contributed by atoms with Gasteiger partial charge >= 0.3 is 0 Å². The maximum atomic E-state index is 12.8. The Hall–Kier alpha value is -3.82. The van der Waals surface area contributed by atoms with E-state index in [1.54, 1.807) is 17.8 Å². The van der Waals surface area contributed by atoms with Crippen molar-refractivity contribution < 1.29 is 9.53 Å². The monoisotopic (exact) mass is 527 g/mol. The van der Waals surface area contributed by atoms with Crippen LogP contribution in [0.1, 0.15) is 16.8 Å². The summed E-state index contributed by atoms with van der Waals surface area (Å²) < 4.78 is 8.78. The van der Waals surface area contributed by atoms with Gasteiger partial charge in [0, 0.05) is 17.6 Å². The molecule has 0 spiro atoms. The van der Waals surface area contributed by atoms with Crippen LogP contribution < -0.4 is 4.74 Å². The Bertz CT molecular complexity index is 1430. The van der Waals surface area contributed by atoms with Gasteiger partial charge in [0.25, 0.3) is 5.91 Å². The molecule has 5 rings (SSSR count). The van der Waals surface area contributed by atoms with Crippen molar-refractivity contribution in [3.8, 4) is 5.75 Å².